The number of nitrogens with zero attached hydrogens (tertiary/aromatic N) is 1. The van der Waals surface area contributed by atoms with Gasteiger partial charge in [-0.25, -0.2) is 4.39 Å². The average molecular weight is 281 g/mol. The van der Waals surface area contributed by atoms with Crippen LogP contribution in [0.1, 0.15) is 13.8 Å². The highest BCUT2D eigenvalue weighted by Crippen LogP contribution is 2.09. The van der Waals surface area contributed by atoms with E-state index in [1.54, 1.807) is 11.0 Å². The summed E-state index contributed by atoms with van der Waals surface area (Å²) in [7, 11) is 0. The van der Waals surface area contributed by atoms with E-state index in [1.165, 1.54) is 18.2 Å². The van der Waals surface area contributed by atoms with Gasteiger partial charge in [0.1, 0.15) is 5.82 Å². The Morgan fingerprint density at radius 1 is 1.35 bits per heavy atom. The molecule has 3 N–H and O–H groups in total. The van der Waals surface area contributed by atoms with Crippen molar-refractivity contribution in [2.45, 2.75) is 13.8 Å². The number of carbonyl (C=O) groups is 2. The SMILES string of the molecule is CC(C)CN(CC(N)=O)CC(=O)Nc1cccc(F)c1. The summed E-state index contributed by atoms with van der Waals surface area (Å²) < 4.78 is 13.0. The Morgan fingerprint density at radius 2 is 2.05 bits per heavy atom. The molecule has 1 aromatic rings. The standard InChI is InChI=1S/C14H20FN3O2/c1-10(2)7-18(8-13(16)19)9-14(20)17-12-5-3-4-11(15)6-12/h3-6,10H,7-9H2,1-2H3,(H2,16,19)(H,17,20). The number of hydrogen-bond donors (Lipinski definition) is 2. The van der Waals surface area contributed by atoms with Crippen LogP contribution in [0.5, 0.6) is 0 Å². The third-order valence-electron chi connectivity index (χ3n) is 2.48. The van der Waals surface area contributed by atoms with E-state index in [1.807, 2.05) is 13.8 Å². The molecule has 0 aromatic heterocycles. The van der Waals surface area contributed by atoms with Crippen LogP contribution in [0.4, 0.5) is 10.1 Å². The molecule has 0 spiro atoms. The Labute approximate surface area is 117 Å². The van der Waals surface area contributed by atoms with Gasteiger partial charge in [-0.15, -0.1) is 0 Å². The van der Waals surface area contributed by atoms with Crippen LogP contribution in [-0.2, 0) is 9.59 Å². The van der Waals surface area contributed by atoms with Crippen molar-refractivity contribution in [3.05, 3.63) is 30.1 Å². The van der Waals surface area contributed by atoms with Gasteiger partial charge in [-0.1, -0.05) is 19.9 Å². The molecule has 0 saturated heterocycles. The summed E-state index contributed by atoms with van der Waals surface area (Å²) in [5, 5.41) is 2.59. The molecular weight excluding hydrogens is 261 g/mol. The van der Waals surface area contributed by atoms with E-state index in [2.05, 4.69) is 5.32 Å². The molecule has 0 bridgehead atoms. The molecule has 0 radical (unpaired) electrons. The zero-order chi connectivity index (χ0) is 15.1. The maximum atomic E-state index is 13.0. The zero-order valence-electron chi connectivity index (χ0n) is 11.7. The lowest BCUT2D eigenvalue weighted by Crippen LogP contribution is -2.41. The third kappa shape index (κ3) is 6.29. The quantitative estimate of drug-likeness (QED) is 0.788. The van der Waals surface area contributed by atoms with Gasteiger partial charge in [0.15, 0.2) is 0 Å². The fourth-order valence-corrected chi connectivity index (χ4v) is 1.89. The molecule has 1 rings (SSSR count). The van der Waals surface area contributed by atoms with Crippen LogP contribution >= 0.6 is 0 Å². The number of nitrogens with one attached hydrogen (secondary N) is 1. The minimum absolute atomic E-state index is 0.0226. The molecule has 0 aliphatic heterocycles. The highest BCUT2D eigenvalue weighted by molar-refractivity contribution is 5.92. The van der Waals surface area contributed by atoms with Crippen LogP contribution in [0.25, 0.3) is 0 Å². The van der Waals surface area contributed by atoms with Crippen LogP contribution in [0.15, 0.2) is 24.3 Å². The Hall–Kier alpha value is -1.95. The molecule has 0 heterocycles. The van der Waals surface area contributed by atoms with Gasteiger partial charge in [-0.3, -0.25) is 14.5 Å². The molecule has 20 heavy (non-hydrogen) atoms. The Bertz CT molecular complexity index is 477. The average Bonchev–Trinajstić information content (AvgIpc) is 2.26. The van der Waals surface area contributed by atoms with Gasteiger partial charge in [0.2, 0.25) is 11.8 Å². The third-order valence-corrected chi connectivity index (χ3v) is 2.48. The normalized spacial score (nSPS) is 10.8. The van der Waals surface area contributed by atoms with E-state index in [4.69, 9.17) is 5.73 Å². The second-order valence-corrected chi connectivity index (χ2v) is 5.09. The van der Waals surface area contributed by atoms with Crippen molar-refractivity contribution >= 4 is 17.5 Å². The first-order valence-electron chi connectivity index (χ1n) is 6.43. The lowest BCUT2D eigenvalue weighted by molar-refractivity contribution is -0.121. The van der Waals surface area contributed by atoms with Crippen LogP contribution in [0, 0.1) is 11.7 Å². The molecule has 0 fully saturated rings. The van der Waals surface area contributed by atoms with Crippen molar-refractivity contribution in [1.29, 1.82) is 0 Å². The second-order valence-electron chi connectivity index (χ2n) is 5.09. The van der Waals surface area contributed by atoms with Crippen LogP contribution in [0.3, 0.4) is 0 Å². The molecule has 110 valence electrons. The van der Waals surface area contributed by atoms with Crippen LogP contribution < -0.4 is 11.1 Å². The first kappa shape index (κ1) is 16.1. The van der Waals surface area contributed by atoms with Gasteiger partial charge in [0, 0.05) is 12.2 Å². The maximum Gasteiger partial charge on any atom is 0.238 e. The highest BCUT2D eigenvalue weighted by atomic mass is 19.1. The second kappa shape index (κ2) is 7.59. The number of amides is 2. The smallest absolute Gasteiger partial charge is 0.238 e. The highest BCUT2D eigenvalue weighted by Gasteiger charge is 2.14. The summed E-state index contributed by atoms with van der Waals surface area (Å²) in [4.78, 5) is 24.5. The molecule has 0 saturated carbocycles. The summed E-state index contributed by atoms with van der Waals surface area (Å²) in [5.41, 5.74) is 5.54. The van der Waals surface area contributed by atoms with E-state index >= 15 is 0 Å². The first-order chi connectivity index (χ1) is 9.36. The predicted molar refractivity (Wildman–Crippen MR) is 75.5 cm³/mol. The molecule has 0 aliphatic rings. The van der Waals surface area contributed by atoms with Gasteiger partial charge < -0.3 is 11.1 Å². The van der Waals surface area contributed by atoms with Gasteiger partial charge in [0.25, 0.3) is 0 Å². The molecule has 0 aliphatic carbocycles. The van der Waals surface area contributed by atoms with Crippen LogP contribution in [-0.4, -0.2) is 36.3 Å². The minimum atomic E-state index is -0.482. The van der Waals surface area contributed by atoms with Gasteiger partial charge in [0.05, 0.1) is 13.1 Å². The topological polar surface area (TPSA) is 75.4 Å². The Morgan fingerprint density at radius 3 is 2.60 bits per heavy atom. The number of nitrogens with two attached hydrogens (primary N) is 1. The maximum absolute atomic E-state index is 13.0. The van der Waals surface area contributed by atoms with Crippen molar-refractivity contribution in [2.24, 2.45) is 11.7 Å². The van der Waals surface area contributed by atoms with Crippen molar-refractivity contribution in [3.8, 4) is 0 Å². The molecule has 1 aromatic carbocycles. The first-order valence-corrected chi connectivity index (χ1v) is 6.43. The van der Waals surface area contributed by atoms with Crippen molar-refractivity contribution in [1.82, 2.24) is 4.90 Å². The van der Waals surface area contributed by atoms with E-state index < -0.39 is 11.7 Å². The van der Waals surface area contributed by atoms with E-state index in [0.717, 1.165) is 0 Å². The van der Waals surface area contributed by atoms with Gasteiger partial charge in [-0.2, -0.15) is 0 Å². The van der Waals surface area contributed by atoms with Crippen molar-refractivity contribution in [2.75, 3.05) is 25.0 Å². The fourth-order valence-electron chi connectivity index (χ4n) is 1.89. The molecule has 5 nitrogen and oxygen atoms in total. The summed E-state index contributed by atoms with van der Waals surface area (Å²) in [6.07, 6.45) is 0. The number of rotatable bonds is 7. The molecule has 0 atom stereocenters. The van der Waals surface area contributed by atoms with Crippen molar-refractivity contribution in [3.63, 3.8) is 0 Å². The Kier molecular flexibility index (Phi) is 6.11. The fraction of sp³-hybridized carbons (Fsp3) is 0.429. The number of benzene rings is 1. The van der Waals surface area contributed by atoms with E-state index in [-0.39, 0.29) is 19.0 Å². The monoisotopic (exact) mass is 281 g/mol. The van der Waals surface area contributed by atoms with E-state index in [9.17, 15) is 14.0 Å². The molecule has 0 unspecified atom stereocenters. The summed E-state index contributed by atoms with van der Waals surface area (Å²) in [6, 6.07) is 5.65. The minimum Gasteiger partial charge on any atom is -0.369 e. The zero-order valence-corrected chi connectivity index (χ0v) is 11.7. The molecule has 2 amide bonds. The van der Waals surface area contributed by atoms with Gasteiger partial charge in [-0.05, 0) is 24.1 Å². The largest absolute Gasteiger partial charge is 0.369 e. The predicted octanol–water partition coefficient (Wildman–Crippen LogP) is 1.21. The van der Waals surface area contributed by atoms with Gasteiger partial charge >= 0.3 is 0 Å². The van der Waals surface area contributed by atoms with E-state index in [0.29, 0.717) is 18.2 Å². The lowest BCUT2D eigenvalue weighted by atomic mass is 10.2. The Balaban J connectivity index is 2.58. The number of primary amides is 1. The molecular formula is C14H20FN3O2. The molecule has 6 heteroatoms. The number of hydrogen-bond acceptors (Lipinski definition) is 3. The van der Waals surface area contributed by atoms with Crippen LogP contribution in [0.2, 0.25) is 0 Å². The number of carbonyl (C=O) groups excluding carboxylic acids is 2. The lowest BCUT2D eigenvalue weighted by Gasteiger charge is -2.22. The number of halogens is 1. The summed E-state index contributed by atoms with van der Waals surface area (Å²) in [5.74, 6) is -0.906. The van der Waals surface area contributed by atoms with Crippen molar-refractivity contribution < 1.29 is 14.0 Å². The number of anilines is 1. The summed E-state index contributed by atoms with van der Waals surface area (Å²) in [6.45, 7) is 4.61. The summed E-state index contributed by atoms with van der Waals surface area (Å²) >= 11 is 0.